The highest BCUT2D eigenvalue weighted by Gasteiger charge is 2.17. The second kappa shape index (κ2) is 8.57. The molecule has 1 aromatic rings. The molecule has 0 atom stereocenters. The highest BCUT2D eigenvalue weighted by atomic mass is 16.5. The lowest BCUT2D eigenvalue weighted by atomic mass is 10.2. The largest absolute Gasteiger partial charge is 0.476 e. The van der Waals surface area contributed by atoms with Crippen LogP contribution in [-0.2, 0) is 22.4 Å². The molecule has 19 heavy (non-hydrogen) atoms. The van der Waals surface area contributed by atoms with Crippen LogP contribution < -0.4 is 5.73 Å². The third kappa shape index (κ3) is 4.93. The summed E-state index contributed by atoms with van der Waals surface area (Å²) in [6, 6.07) is 0. The number of aromatic nitrogens is 3. The first-order chi connectivity index (χ1) is 9.20. The average molecular weight is 272 g/mol. The molecule has 8 heteroatoms. The molecule has 0 aliphatic carbocycles. The summed E-state index contributed by atoms with van der Waals surface area (Å²) in [7, 11) is 1.64. The zero-order chi connectivity index (χ0) is 14.1. The molecular weight excluding hydrogens is 252 g/mol. The van der Waals surface area contributed by atoms with Crippen LogP contribution in [0.15, 0.2) is 0 Å². The Hall–Kier alpha value is -1.51. The van der Waals surface area contributed by atoms with Gasteiger partial charge in [0, 0.05) is 26.7 Å². The van der Waals surface area contributed by atoms with Crippen LogP contribution in [0.1, 0.15) is 22.6 Å². The standard InChI is InChI=1S/C11H20N4O4/c1-18-6-2-7-19-8-5-15-9(3-4-12)10(11(16)17)13-14-15/h2-8,12H2,1H3,(H,16,17). The summed E-state index contributed by atoms with van der Waals surface area (Å²) in [4.78, 5) is 11.0. The van der Waals surface area contributed by atoms with Crippen LogP contribution >= 0.6 is 0 Å². The van der Waals surface area contributed by atoms with Crippen molar-refractivity contribution in [1.82, 2.24) is 15.0 Å². The summed E-state index contributed by atoms with van der Waals surface area (Å²) in [5.74, 6) is -1.09. The molecule has 0 spiro atoms. The van der Waals surface area contributed by atoms with Crippen LogP contribution in [0.25, 0.3) is 0 Å². The van der Waals surface area contributed by atoms with E-state index in [1.54, 1.807) is 7.11 Å². The van der Waals surface area contributed by atoms with Gasteiger partial charge in [-0.3, -0.25) is 0 Å². The highest BCUT2D eigenvalue weighted by molar-refractivity contribution is 5.86. The molecule has 0 aliphatic rings. The zero-order valence-electron chi connectivity index (χ0n) is 11.0. The molecule has 1 heterocycles. The lowest BCUT2D eigenvalue weighted by Gasteiger charge is -2.07. The molecule has 0 aromatic carbocycles. The normalized spacial score (nSPS) is 10.8. The van der Waals surface area contributed by atoms with Crippen molar-refractivity contribution < 1.29 is 19.4 Å². The first-order valence-electron chi connectivity index (χ1n) is 6.13. The number of carboxylic acids is 1. The predicted molar refractivity (Wildman–Crippen MR) is 67.1 cm³/mol. The van der Waals surface area contributed by atoms with Crippen LogP contribution in [0.4, 0.5) is 0 Å². The van der Waals surface area contributed by atoms with E-state index in [2.05, 4.69) is 10.3 Å². The van der Waals surface area contributed by atoms with Crippen molar-refractivity contribution in [1.29, 1.82) is 0 Å². The minimum atomic E-state index is -1.09. The monoisotopic (exact) mass is 272 g/mol. The van der Waals surface area contributed by atoms with Crippen LogP contribution in [0.5, 0.6) is 0 Å². The van der Waals surface area contributed by atoms with Crippen LogP contribution in [0.2, 0.25) is 0 Å². The number of nitrogens with two attached hydrogens (primary N) is 1. The molecule has 0 aliphatic heterocycles. The van der Waals surface area contributed by atoms with Crippen molar-refractivity contribution in [2.45, 2.75) is 19.4 Å². The van der Waals surface area contributed by atoms with E-state index in [0.29, 0.717) is 45.0 Å². The van der Waals surface area contributed by atoms with E-state index in [0.717, 1.165) is 6.42 Å². The fourth-order valence-corrected chi connectivity index (χ4v) is 1.62. The summed E-state index contributed by atoms with van der Waals surface area (Å²) in [5.41, 5.74) is 5.96. The summed E-state index contributed by atoms with van der Waals surface area (Å²) >= 11 is 0. The Bertz CT molecular complexity index is 394. The maximum absolute atomic E-state index is 11.0. The molecule has 3 N–H and O–H groups in total. The molecule has 0 unspecified atom stereocenters. The van der Waals surface area contributed by atoms with E-state index in [4.69, 9.17) is 20.3 Å². The average Bonchev–Trinajstić information content (AvgIpc) is 2.77. The molecule has 0 radical (unpaired) electrons. The van der Waals surface area contributed by atoms with Gasteiger partial charge in [-0.05, 0) is 13.0 Å². The first kappa shape index (κ1) is 15.5. The van der Waals surface area contributed by atoms with Gasteiger partial charge >= 0.3 is 5.97 Å². The van der Waals surface area contributed by atoms with Gasteiger partial charge in [0.05, 0.1) is 18.8 Å². The topological polar surface area (TPSA) is 112 Å². The third-order valence-electron chi connectivity index (χ3n) is 2.51. The predicted octanol–water partition coefficient (Wildman–Crippen LogP) is -0.469. The number of hydrogen-bond donors (Lipinski definition) is 2. The Kier molecular flexibility index (Phi) is 7.01. The molecule has 0 bridgehead atoms. The summed E-state index contributed by atoms with van der Waals surface area (Å²) in [6.45, 7) is 2.51. The van der Waals surface area contributed by atoms with E-state index in [9.17, 15) is 4.79 Å². The van der Waals surface area contributed by atoms with Gasteiger partial charge in [-0.15, -0.1) is 5.10 Å². The molecule has 0 saturated heterocycles. The second-order valence-electron chi connectivity index (χ2n) is 3.91. The van der Waals surface area contributed by atoms with Crippen LogP contribution in [-0.4, -0.2) is 59.5 Å². The quantitative estimate of drug-likeness (QED) is 0.554. The van der Waals surface area contributed by atoms with Gasteiger partial charge in [-0.25, -0.2) is 9.48 Å². The van der Waals surface area contributed by atoms with Crippen molar-refractivity contribution in [3.8, 4) is 0 Å². The number of nitrogens with zero attached hydrogens (tertiary/aromatic N) is 3. The molecular formula is C11H20N4O4. The molecule has 1 rings (SSSR count). The van der Waals surface area contributed by atoms with Crippen LogP contribution in [0.3, 0.4) is 0 Å². The van der Waals surface area contributed by atoms with Crippen molar-refractivity contribution in [3.63, 3.8) is 0 Å². The zero-order valence-corrected chi connectivity index (χ0v) is 11.0. The first-order valence-corrected chi connectivity index (χ1v) is 6.13. The fraction of sp³-hybridized carbons (Fsp3) is 0.727. The smallest absolute Gasteiger partial charge is 0.358 e. The summed E-state index contributed by atoms with van der Waals surface area (Å²) in [5, 5.41) is 16.4. The maximum Gasteiger partial charge on any atom is 0.358 e. The minimum Gasteiger partial charge on any atom is -0.476 e. The Morgan fingerprint density at radius 3 is 2.84 bits per heavy atom. The van der Waals surface area contributed by atoms with Crippen molar-refractivity contribution in [2.75, 3.05) is 33.5 Å². The number of carboxylic acid groups (broad SMARTS) is 1. The van der Waals surface area contributed by atoms with E-state index in [-0.39, 0.29) is 5.69 Å². The lowest BCUT2D eigenvalue weighted by Crippen LogP contribution is -2.16. The third-order valence-corrected chi connectivity index (χ3v) is 2.51. The van der Waals surface area contributed by atoms with Crippen LogP contribution in [0, 0.1) is 0 Å². The number of hydrogen-bond acceptors (Lipinski definition) is 6. The fourth-order valence-electron chi connectivity index (χ4n) is 1.62. The molecule has 108 valence electrons. The van der Waals surface area contributed by atoms with Crippen molar-refractivity contribution >= 4 is 5.97 Å². The number of rotatable bonds is 10. The Labute approximate surface area is 111 Å². The molecule has 0 fully saturated rings. The van der Waals surface area contributed by atoms with Gasteiger partial charge in [-0.2, -0.15) is 0 Å². The van der Waals surface area contributed by atoms with E-state index in [1.807, 2.05) is 0 Å². The maximum atomic E-state index is 11.0. The summed E-state index contributed by atoms with van der Waals surface area (Å²) in [6.07, 6.45) is 1.25. The number of carbonyl (C=O) groups is 1. The number of ether oxygens (including phenoxy) is 2. The van der Waals surface area contributed by atoms with E-state index in [1.165, 1.54) is 4.68 Å². The Morgan fingerprint density at radius 2 is 2.21 bits per heavy atom. The SMILES string of the molecule is COCCCOCCn1nnc(C(=O)O)c1CCN. The van der Waals surface area contributed by atoms with E-state index < -0.39 is 5.97 Å². The Balaban J connectivity index is 2.46. The van der Waals surface area contributed by atoms with E-state index >= 15 is 0 Å². The van der Waals surface area contributed by atoms with Gasteiger partial charge in [0.25, 0.3) is 0 Å². The minimum absolute atomic E-state index is 0.0372. The molecule has 8 nitrogen and oxygen atoms in total. The molecule has 1 aromatic heterocycles. The van der Waals surface area contributed by atoms with Crippen molar-refractivity contribution in [2.24, 2.45) is 5.73 Å². The van der Waals surface area contributed by atoms with Gasteiger partial charge in [0.1, 0.15) is 0 Å². The van der Waals surface area contributed by atoms with Gasteiger partial charge in [0.2, 0.25) is 0 Å². The molecule has 0 saturated carbocycles. The Morgan fingerprint density at radius 1 is 1.42 bits per heavy atom. The number of methoxy groups -OCH3 is 1. The summed E-state index contributed by atoms with van der Waals surface area (Å²) < 4.78 is 11.8. The second-order valence-corrected chi connectivity index (χ2v) is 3.91. The van der Waals surface area contributed by atoms with Gasteiger partial charge < -0.3 is 20.3 Å². The lowest BCUT2D eigenvalue weighted by molar-refractivity contribution is 0.0688. The highest BCUT2D eigenvalue weighted by Crippen LogP contribution is 2.06. The van der Waals surface area contributed by atoms with Gasteiger partial charge in [-0.1, -0.05) is 5.21 Å². The molecule has 0 amide bonds. The van der Waals surface area contributed by atoms with Gasteiger partial charge in [0.15, 0.2) is 5.69 Å². The number of aromatic carboxylic acids is 1. The van der Waals surface area contributed by atoms with Crippen molar-refractivity contribution in [3.05, 3.63) is 11.4 Å².